The summed E-state index contributed by atoms with van der Waals surface area (Å²) in [6, 6.07) is 1.71. The van der Waals surface area contributed by atoms with E-state index in [1.54, 1.807) is 7.11 Å². The molecule has 2 rings (SSSR count). The Morgan fingerprint density at radius 1 is 1.55 bits per heavy atom. The zero-order valence-corrected chi connectivity index (χ0v) is 12.1. The molecule has 1 aromatic rings. The predicted molar refractivity (Wildman–Crippen MR) is 71.9 cm³/mol. The van der Waals surface area contributed by atoms with Gasteiger partial charge >= 0.3 is 5.97 Å². The van der Waals surface area contributed by atoms with Crippen LogP contribution in [0.25, 0.3) is 0 Å². The molecule has 112 valence electrons. The molecule has 1 aliphatic rings. The Kier molecular flexibility index (Phi) is 5.55. The first-order valence-corrected chi connectivity index (χ1v) is 7.08. The Balaban J connectivity index is 1.98. The Hall–Kier alpha value is -1.40. The number of aromatic nitrogens is 1. The lowest BCUT2D eigenvalue weighted by molar-refractivity contribution is -0.151. The van der Waals surface area contributed by atoms with E-state index in [-0.39, 0.29) is 12.0 Å². The fourth-order valence-electron chi connectivity index (χ4n) is 2.53. The minimum absolute atomic E-state index is 0.132. The summed E-state index contributed by atoms with van der Waals surface area (Å²) >= 11 is 0. The quantitative estimate of drug-likeness (QED) is 0.740. The van der Waals surface area contributed by atoms with E-state index in [0.29, 0.717) is 25.5 Å². The van der Waals surface area contributed by atoms with Gasteiger partial charge in [-0.3, -0.25) is 9.69 Å². The Morgan fingerprint density at radius 2 is 2.40 bits per heavy atom. The van der Waals surface area contributed by atoms with Crippen LogP contribution in [-0.4, -0.2) is 42.3 Å². The summed E-state index contributed by atoms with van der Waals surface area (Å²) in [5.74, 6) is 0.569. The summed E-state index contributed by atoms with van der Waals surface area (Å²) in [6.45, 7) is 4.16. The lowest BCUT2D eigenvalue weighted by Gasteiger charge is -2.33. The normalized spacial score (nSPS) is 20.0. The van der Waals surface area contributed by atoms with Crippen molar-refractivity contribution in [3.8, 4) is 0 Å². The molecule has 2 heterocycles. The average Bonchev–Trinajstić information content (AvgIpc) is 2.87. The van der Waals surface area contributed by atoms with Crippen molar-refractivity contribution in [3.63, 3.8) is 0 Å². The number of carbonyl (C=O) groups excluding carboxylic acids is 1. The monoisotopic (exact) mass is 282 g/mol. The molecule has 0 aliphatic carbocycles. The van der Waals surface area contributed by atoms with Gasteiger partial charge in [-0.25, -0.2) is 0 Å². The maximum absolute atomic E-state index is 12.0. The molecule has 0 bridgehead atoms. The lowest BCUT2D eigenvalue weighted by atomic mass is 10.0. The van der Waals surface area contributed by atoms with Crippen molar-refractivity contribution in [3.05, 3.63) is 17.5 Å². The molecule has 20 heavy (non-hydrogen) atoms. The van der Waals surface area contributed by atoms with E-state index in [4.69, 9.17) is 14.0 Å². The molecule has 1 aromatic heterocycles. The molecular weight excluding hydrogens is 260 g/mol. The SMILES string of the molecule is CCOC(=O)C1CCCCN1Cc1cc(COC)on1. The van der Waals surface area contributed by atoms with Crippen LogP contribution in [0.1, 0.15) is 37.6 Å². The molecule has 0 saturated carbocycles. The van der Waals surface area contributed by atoms with Crippen LogP contribution in [0.15, 0.2) is 10.6 Å². The molecule has 0 radical (unpaired) electrons. The number of carbonyl (C=O) groups is 1. The number of nitrogens with zero attached hydrogens (tertiary/aromatic N) is 2. The molecule has 6 nitrogen and oxygen atoms in total. The number of esters is 1. The number of hydrogen-bond acceptors (Lipinski definition) is 6. The fraction of sp³-hybridized carbons (Fsp3) is 0.714. The number of likely N-dealkylation sites (tertiary alicyclic amines) is 1. The maximum atomic E-state index is 12.0. The van der Waals surface area contributed by atoms with Crippen LogP contribution < -0.4 is 0 Å². The van der Waals surface area contributed by atoms with Crippen molar-refractivity contribution in [1.82, 2.24) is 10.1 Å². The Labute approximate surface area is 119 Å². The third kappa shape index (κ3) is 3.80. The second kappa shape index (κ2) is 7.40. The van der Waals surface area contributed by atoms with Gasteiger partial charge in [0, 0.05) is 19.7 Å². The van der Waals surface area contributed by atoms with Crippen LogP contribution in [0.4, 0.5) is 0 Å². The fourth-order valence-corrected chi connectivity index (χ4v) is 2.53. The van der Waals surface area contributed by atoms with E-state index in [2.05, 4.69) is 10.1 Å². The smallest absolute Gasteiger partial charge is 0.323 e. The van der Waals surface area contributed by atoms with Crippen LogP contribution in [0.2, 0.25) is 0 Å². The summed E-state index contributed by atoms with van der Waals surface area (Å²) in [5, 5.41) is 4.02. The van der Waals surface area contributed by atoms with E-state index in [1.807, 2.05) is 13.0 Å². The molecule has 1 atom stereocenters. The highest BCUT2D eigenvalue weighted by Crippen LogP contribution is 2.21. The van der Waals surface area contributed by atoms with Crippen molar-refractivity contribution in [2.75, 3.05) is 20.3 Å². The average molecular weight is 282 g/mol. The zero-order valence-electron chi connectivity index (χ0n) is 12.1. The molecule has 1 aliphatic heterocycles. The molecule has 6 heteroatoms. The molecule has 1 unspecified atom stereocenters. The Morgan fingerprint density at radius 3 is 3.15 bits per heavy atom. The van der Waals surface area contributed by atoms with E-state index >= 15 is 0 Å². The van der Waals surface area contributed by atoms with E-state index in [0.717, 1.165) is 31.5 Å². The highest BCUT2D eigenvalue weighted by Gasteiger charge is 2.30. The second-order valence-electron chi connectivity index (χ2n) is 4.95. The molecule has 0 spiro atoms. The molecule has 1 saturated heterocycles. The van der Waals surface area contributed by atoms with Crippen molar-refractivity contribution in [2.45, 2.75) is 45.4 Å². The van der Waals surface area contributed by atoms with Crippen LogP contribution in [0.5, 0.6) is 0 Å². The van der Waals surface area contributed by atoms with Gasteiger partial charge in [-0.2, -0.15) is 0 Å². The minimum Gasteiger partial charge on any atom is -0.465 e. The van der Waals surface area contributed by atoms with Crippen LogP contribution in [0, 0.1) is 0 Å². The first kappa shape index (κ1) is 15.0. The molecule has 0 N–H and O–H groups in total. The third-order valence-corrected chi connectivity index (χ3v) is 3.43. The summed E-state index contributed by atoms with van der Waals surface area (Å²) in [6.07, 6.45) is 3.01. The highest BCUT2D eigenvalue weighted by molar-refractivity contribution is 5.75. The van der Waals surface area contributed by atoms with E-state index in [9.17, 15) is 4.79 Å². The van der Waals surface area contributed by atoms with Gasteiger partial charge in [0.05, 0.1) is 12.3 Å². The highest BCUT2D eigenvalue weighted by atomic mass is 16.5. The standard InChI is InChI=1S/C14H22N2O4/c1-3-19-14(17)13-6-4-5-7-16(13)9-11-8-12(10-18-2)20-15-11/h8,13H,3-7,9-10H2,1-2H3. The van der Waals surface area contributed by atoms with Gasteiger partial charge in [0.1, 0.15) is 12.6 Å². The van der Waals surface area contributed by atoms with Crippen LogP contribution in [0.3, 0.4) is 0 Å². The van der Waals surface area contributed by atoms with Crippen LogP contribution >= 0.6 is 0 Å². The Bertz CT molecular complexity index is 433. The van der Waals surface area contributed by atoms with Gasteiger partial charge < -0.3 is 14.0 Å². The van der Waals surface area contributed by atoms with E-state index < -0.39 is 0 Å². The van der Waals surface area contributed by atoms with Crippen molar-refractivity contribution >= 4 is 5.97 Å². The van der Waals surface area contributed by atoms with Gasteiger partial charge in [0.2, 0.25) is 0 Å². The number of hydrogen-bond donors (Lipinski definition) is 0. The first-order chi connectivity index (χ1) is 9.74. The topological polar surface area (TPSA) is 64.8 Å². The number of ether oxygens (including phenoxy) is 2. The van der Waals surface area contributed by atoms with Crippen molar-refractivity contribution < 1.29 is 18.8 Å². The molecule has 1 fully saturated rings. The number of piperidine rings is 1. The predicted octanol–water partition coefficient (Wildman–Crippen LogP) is 1.74. The largest absolute Gasteiger partial charge is 0.465 e. The third-order valence-electron chi connectivity index (χ3n) is 3.43. The van der Waals surface area contributed by atoms with Crippen molar-refractivity contribution in [2.24, 2.45) is 0 Å². The van der Waals surface area contributed by atoms with Crippen molar-refractivity contribution in [1.29, 1.82) is 0 Å². The molecular formula is C14H22N2O4. The zero-order chi connectivity index (χ0) is 14.4. The molecule has 0 aromatic carbocycles. The number of methoxy groups -OCH3 is 1. The summed E-state index contributed by atoms with van der Waals surface area (Å²) < 4.78 is 15.3. The van der Waals surface area contributed by atoms with Crippen LogP contribution in [-0.2, 0) is 27.4 Å². The van der Waals surface area contributed by atoms with Gasteiger partial charge in [0.25, 0.3) is 0 Å². The van der Waals surface area contributed by atoms with E-state index in [1.165, 1.54) is 0 Å². The van der Waals surface area contributed by atoms with Gasteiger partial charge in [-0.15, -0.1) is 0 Å². The summed E-state index contributed by atoms with van der Waals surface area (Å²) in [4.78, 5) is 14.1. The summed E-state index contributed by atoms with van der Waals surface area (Å²) in [7, 11) is 1.61. The molecule has 0 amide bonds. The van der Waals surface area contributed by atoms with Gasteiger partial charge in [0.15, 0.2) is 5.76 Å². The lowest BCUT2D eigenvalue weighted by Crippen LogP contribution is -2.45. The van der Waals surface area contributed by atoms with Gasteiger partial charge in [-0.05, 0) is 26.3 Å². The minimum atomic E-state index is -0.161. The summed E-state index contributed by atoms with van der Waals surface area (Å²) in [5.41, 5.74) is 0.827. The first-order valence-electron chi connectivity index (χ1n) is 7.08. The maximum Gasteiger partial charge on any atom is 0.323 e. The second-order valence-corrected chi connectivity index (χ2v) is 4.95. The van der Waals surface area contributed by atoms with Gasteiger partial charge in [-0.1, -0.05) is 11.6 Å². The number of rotatable bonds is 6.